The number of fused-ring (bicyclic) bond motifs is 5. The van der Waals surface area contributed by atoms with Gasteiger partial charge in [-0.15, -0.1) is 0 Å². The highest BCUT2D eigenvalue weighted by atomic mass is 16.6. The van der Waals surface area contributed by atoms with Crippen LogP contribution in [0.15, 0.2) is 6.20 Å². The minimum atomic E-state index is -0.850. The molecule has 0 spiro atoms. The lowest BCUT2D eigenvalue weighted by Crippen LogP contribution is -2.44. The number of carbonyl (C=O) groups is 2. The Hall–Kier alpha value is -2.09. The molecule has 1 unspecified atom stereocenters. The van der Waals surface area contributed by atoms with E-state index in [0.717, 1.165) is 18.0 Å². The van der Waals surface area contributed by atoms with Crippen LogP contribution in [0.5, 0.6) is 0 Å². The lowest BCUT2D eigenvalue weighted by molar-refractivity contribution is -0.123. The zero-order valence-electron chi connectivity index (χ0n) is 17.2. The molecule has 1 saturated carbocycles. The van der Waals surface area contributed by atoms with Crippen molar-refractivity contribution in [2.45, 2.75) is 64.4 Å². The second kappa shape index (κ2) is 6.76. The van der Waals surface area contributed by atoms with Crippen LogP contribution in [0.4, 0.5) is 4.79 Å². The molecule has 1 aliphatic carbocycles. The van der Waals surface area contributed by atoms with Crippen molar-refractivity contribution in [3.63, 3.8) is 0 Å². The van der Waals surface area contributed by atoms with Crippen LogP contribution in [0.3, 0.4) is 0 Å². The maximum Gasteiger partial charge on any atom is 0.408 e. The molecule has 3 heterocycles. The predicted octanol–water partition coefficient (Wildman–Crippen LogP) is 1.83. The Kier molecular flexibility index (Phi) is 4.64. The average Bonchev–Trinajstić information content (AvgIpc) is 3.06. The van der Waals surface area contributed by atoms with E-state index < -0.39 is 17.7 Å². The predicted molar refractivity (Wildman–Crippen MR) is 101 cm³/mol. The van der Waals surface area contributed by atoms with Gasteiger partial charge in [0.2, 0.25) is 5.91 Å². The Morgan fingerprint density at radius 2 is 2.11 bits per heavy atom. The zero-order chi connectivity index (χ0) is 20.2. The van der Waals surface area contributed by atoms with Crippen LogP contribution < -0.4 is 10.6 Å². The Morgan fingerprint density at radius 3 is 2.68 bits per heavy atom. The maximum atomic E-state index is 13.0. The van der Waals surface area contributed by atoms with Gasteiger partial charge in [-0.1, -0.05) is 0 Å². The monoisotopic (exact) mass is 390 g/mol. The zero-order valence-corrected chi connectivity index (χ0v) is 17.2. The number of aromatic nitrogens is 2. The van der Waals surface area contributed by atoms with Gasteiger partial charge in [0.15, 0.2) is 0 Å². The summed E-state index contributed by atoms with van der Waals surface area (Å²) in [7, 11) is 1.81. The lowest BCUT2D eigenvalue weighted by Gasteiger charge is -2.24. The molecule has 3 fully saturated rings. The van der Waals surface area contributed by atoms with E-state index in [9.17, 15) is 9.59 Å². The highest BCUT2D eigenvalue weighted by Crippen LogP contribution is 2.60. The Balaban J connectivity index is 1.42. The number of hydrogen-bond donors (Lipinski definition) is 2. The number of alkyl carbamates (subject to hydrolysis) is 1. The molecule has 154 valence electrons. The van der Waals surface area contributed by atoms with Gasteiger partial charge in [0, 0.05) is 30.8 Å². The third kappa shape index (κ3) is 3.62. The first-order valence-electron chi connectivity index (χ1n) is 10.0. The number of ether oxygens (including phenoxy) is 2. The molecule has 2 amide bonds. The molecule has 0 aromatic carbocycles. The van der Waals surface area contributed by atoms with Crippen LogP contribution in [0.25, 0.3) is 0 Å². The highest BCUT2D eigenvalue weighted by molar-refractivity contribution is 5.87. The molecule has 2 saturated heterocycles. The van der Waals surface area contributed by atoms with Crippen LogP contribution in [0, 0.1) is 24.7 Å². The average molecular weight is 390 g/mol. The SMILES string of the molecule is Cc1c(C(NC(=O)OC(C)(C)C)C(=O)NC[C@@H]2C[C@@H]3O[C@H]2[C@H]2C[C@H]23)cnn1C. The first kappa shape index (κ1) is 19.2. The standard InChI is InChI=1S/C20H30N4O4/c1-10-14(9-22-24(10)5)16(23-19(26)28-20(2,3)4)18(25)21-8-11-6-15-12-7-13(12)17(11)27-15/h9,11-13,15-17H,6-8H2,1-5H3,(H,21,25)(H,23,26)/t11-,12+,13-,15-,16?,17+/m0/s1. The summed E-state index contributed by atoms with van der Waals surface area (Å²) < 4.78 is 13.0. The van der Waals surface area contributed by atoms with Crippen molar-refractivity contribution >= 4 is 12.0 Å². The van der Waals surface area contributed by atoms with E-state index in [1.54, 1.807) is 38.7 Å². The molecule has 1 aromatic rings. The van der Waals surface area contributed by atoms with E-state index in [1.165, 1.54) is 6.42 Å². The topological polar surface area (TPSA) is 94.5 Å². The number of hydrogen-bond acceptors (Lipinski definition) is 5. The second-order valence-electron chi connectivity index (χ2n) is 9.33. The van der Waals surface area contributed by atoms with Gasteiger partial charge in [-0.2, -0.15) is 5.10 Å². The van der Waals surface area contributed by atoms with E-state index in [-0.39, 0.29) is 12.0 Å². The van der Waals surface area contributed by atoms with Gasteiger partial charge in [-0.25, -0.2) is 4.79 Å². The Bertz CT molecular complexity index is 784. The quantitative estimate of drug-likeness (QED) is 0.800. The molecule has 0 radical (unpaired) electrons. The summed E-state index contributed by atoms with van der Waals surface area (Å²) in [6, 6.07) is -0.850. The molecule has 1 aromatic heterocycles. The van der Waals surface area contributed by atoms with Crippen LogP contribution >= 0.6 is 0 Å². The lowest BCUT2D eigenvalue weighted by atomic mass is 9.89. The molecule has 8 heteroatoms. The minimum Gasteiger partial charge on any atom is -0.444 e. The maximum absolute atomic E-state index is 13.0. The largest absolute Gasteiger partial charge is 0.444 e. The van der Waals surface area contributed by atoms with Gasteiger partial charge in [-0.05, 0) is 52.4 Å². The van der Waals surface area contributed by atoms with Crippen molar-refractivity contribution < 1.29 is 19.1 Å². The van der Waals surface area contributed by atoms with Gasteiger partial charge < -0.3 is 20.1 Å². The summed E-state index contributed by atoms with van der Waals surface area (Å²) >= 11 is 0. The van der Waals surface area contributed by atoms with Gasteiger partial charge in [-0.3, -0.25) is 9.48 Å². The molecule has 2 bridgehead atoms. The fourth-order valence-electron chi connectivity index (χ4n) is 4.61. The van der Waals surface area contributed by atoms with E-state index in [1.807, 2.05) is 6.92 Å². The first-order valence-corrected chi connectivity index (χ1v) is 10.0. The summed E-state index contributed by atoms with van der Waals surface area (Å²) in [6.45, 7) is 7.80. The Morgan fingerprint density at radius 1 is 1.36 bits per heavy atom. The summed E-state index contributed by atoms with van der Waals surface area (Å²) in [6.07, 6.45) is 3.95. The van der Waals surface area contributed by atoms with Crippen molar-refractivity contribution in [2.75, 3.05) is 6.54 Å². The van der Waals surface area contributed by atoms with E-state index in [4.69, 9.17) is 9.47 Å². The third-order valence-corrected chi connectivity index (χ3v) is 6.17. The van der Waals surface area contributed by atoms with Crippen LogP contribution in [-0.4, -0.2) is 46.1 Å². The number of rotatable bonds is 5. The molecule has 4 rings (SSSR count). The van der Waals surface area contributed by atoms with E-state index in [0.29, 0.717) is 30.0 Å². The summed E-state index contributed by atoms with van der Waals surface area (Å²) in [5.74, 6) is 1.56. The molecule has 2 N–H and O–H groups in total. The number of carbonyl (C=O) groups excluding carboxylic acids is 2. The fourth-order valence-corrected chi connectivity index (χ4v) is 4.61. The van der Waals surface area contributed by atoms with Gasteiger partial charge in [0.1, 0.15) is 11.6 Å². The van der Waals surface area contributed by atoms with Gasteiger partial charge in [0.25, 0.3) is 0 Å². The molecule has 8 nitrogen and oxygen atoms in total. The van der Waals surface area contributed by atoms with Gasteiger partial charge in [0.05, 0.1) is 18.4 Å². The smallest absolute Gasteiger partial charge is 0.408 e. The number of nitrogens with zero attached hydrogens (tertiary/aromatic N) is 2. The molecule has 3 aliphatic rings. The van der Waals surface area contributed by atoms with Crippen LogP contribution in [0.2, 0.25) is 0 Å². The molecule has 6 atom stereocenters. The normalized spacial score (nSPS) is 31.2. The second-order valence-corrected chi connectivity index (χ2v) is 9.33. The van der Waals surface area contributed by atoms with Crippen molar-refractivity contribution in [3.05, 3.63) is 17.5 Å². The molecule has 28 heavy (non-hydrogen) atoms. The highest BCUT2D eigenvalue weighted by Gasteiger charge is 2.62. The van der Waals surface area contributed by atoms with E-state index >= 15 is 0 Å². The number of nitrogens with one attached hydrogen (secondary N) is 2. The van der Waals surface area contributed by atoms with Crippen molar-refractivity contribution in [3.8, 4) is 0 Å². The van der Waals surface area contributed by atoms with E-state index in [2.05, 4.69) is 15.7 Å². The van der Waals surface area contributed by atoms with Crippen molar-refractivity contribution in [2.24, 2.45) is 24.8 Å². The summed E-state index contributed by atoms with van der Waals surface area (Å²) in [5.41, 5.74) is 0.841. The first-order chi connectivity index (χ1) is 13.1. The fraction of sp³-hybridized carbons (Fsp3) is 0.750. The number of amides is 2. The van der Waals surface area contributed by atoms with Crippen LogP contribution in [-0.2, 0) is 21.3 Å². The van der Waals surface area contributed by atoms with Crippen LogP contribution in [0.1, 0.15) is 50.9 Å². The Labute approximate surface area is 165 Å². The molecular weight excluding hydrogens is 360 g/mol. The van der Waals surface area contributed by atoms with Gasteiger partial charge >= 0.3 is 6.09 Å². The third-order valence-electron chi connectivity index (χ3n) is 6.17. The summed E-state index contributed by atoms with van der Waals surface area (Å²) in [5, 5.41) is 9.95. The number of aryl methyl sites for hydroxylation is 1. The molecular formula is C20H30N4O4. The van der Waals surface area contributed by atoms with Crippen molar-refractivity contribution in [1.82, 2.24) is 20.4 Å². The van der Waals surface area contributed by atoms with Crippen molar-refractivity contribution in [1.29, 1.82) is 0 Å². The molecule has 2 aliphatic heterocycles. The minimum absolute atomic E-state index is 0.253. The summed E-state index contributed by atoms with van der Waals surface area (Å²) in [4.78, 5) is 25.3.